The van der Waals surface area contributed by atoms with Crippen molar-refractivity contribution in [1.82, 2.24) is 0 Å². The summed E-state index contributed by atoms with van der Waals surface area (Å²) in [4.78, 5) is 12.0. The van der Waals surface area contributed by atoms with Gasteiger partial charge in [0, 0.05) is 17.2 Å². The number of ketones is 1. The normalized spacial score (nSPS) is 10.4. The van der Waals surface area contributed by atoms with Gasteiger partial charge in [-0.2, -0.15) is 0 Å². The lowest BCUT2D eigenvalue weighted by atomic mass is 10.0. The molecule has 0 bridgehead atoms. The number of rotatable bonds is 2. The first-order valence-electron chi connectivity index (χ1n) is 4.94. The van der Waals surface area contributed by atoms with Gasteiger partial charge in [-0.25, -0.2) is 13.2 Å². The van der Waals surface area contributed by atoms with Gasteiger partial charge in [-0.1, -0.05) is 6.07 Å². The van der Waals surface area contributed by atoms with Gasteiger partial charge in [0.15, 0.2) is 5.78 Å². The third-order valence-corrected chi connectivity index (χ3v) is 3.13. The zero-order chi connectivity index (χ0) is 13.3. The molecule has 1 nitrogen and oxygen atoms in total. The fourth-order valence-electron chi connectivity index (χ4n) is 1.52. The molecule has 2 rings (SSSR count). The van der Waals surface area contributed by atoms with Crippen LogP contribution in [-0.2, 0) is 0 Å². The first kappa shape index (κ1) is 12.8. The maximum atomic E-state index is 13.3. The average Bonchev–Trinajstić information content (AvgIpc) is 2.30. The molecule has 5 heteroatoms. The Balaban J connectivity index is 2.51. The quantitative estimate of drug-likeness (QED) is 0.763. The van der Waals surface area contributed by atoms with Crippen molar-refractivity contribution in [2.24, 2.45) is 0 Å². The van der Waals surface area contributed by atoms with Gasteiger partial charge >= 0.3 is 0 Å². The van der Waals surface area contributed by atoms with Gasteiger partial charge in [0.25, 0.3) is 0 Å². The summed E-state index contributed by atoms with van der Waals surface area (Å²) < 4.78 is 39.3. The minimum absolute atomic E-state index is 0.0139. The van der Waals surface area contributed by atoms with Gasteiger partial charge in [0.2, 0.25) is 0 Å². The highest BCUT2D eigenvalue weighted by atomic mass is 79.9. The molecule has 0 unspecified atom stereocenters. The molecular formula is C13H6BrF3O. The monoisotopic (exact) mass is 314 g/mol. The summed E-state index contributed by atoms with van der Waals surface area (Å²) in [5.41, 5.74) is -0.154. The van der Waals surface area contributed by atoms with Crippen LogP contribution in [0.1, 0.15) is 15.9 Å². The summed E-state index contributed by atoms with van der Waals surface area (Å²) in [5, 5.41) is 0. The lowest BCUT2D eigenvalue weighted by molar-refractivity contribution is 0.103. The second-order valence-electron chi connectivity index (χ2n) is 3.59. The maximum Gasteiger partial charge on any atom is 0.194 e. The molecule has 0 aliphatic rings. The van der Waals surface area contributed by atoms with Crippen molar-refractivity contribution in [2.75, 3.05) is 0 Å². The standard InChI is InChI=1S/C13H6BrF3O/c14-12-10(2-1-3-11(12)17)13(18)7-4-8(15)6-9(16)5-7/h1-6H. The molecule has 92 valence electrons. The van der Waals surface area contributed by atoms with Crippen molar-refractivity contribution in [3.8, 4) is 0 Å². The van der Waals surface area contributed by atoms with Gasteiger partial charge in [-0.15, -0.1) is 0 Å². The molecule has 0 heterocycles. The molecule has 0 atom stereocenters. The summed E-state index contributed by atoms with van der Waals surface area (Å²) in [6.45, 7) is 0. The molecule has 0 fully saturated rings. The van der Waals surface area contributed by atoms with Crippen molar-refractivity contribution in [2.45, 2.75) is 0 Å². The second kappa shape index (κ2) is 4.94. The van der Waals surface area contributed by atoms with E-state index >= 15 is 0 Å². The van der Waals surface area contributed by atoms with Gasteiger partial charge in [0.1, 0.15) is 17.5 Å². The smallest absolute Gasteiger partial charge is 0.194 e. The summed E-state index contributed by atoms with van der Waals surface area (Å²) in [6.07, 6.45) is 0. The molecule has 0 spiro atoms. The molecule has 18 heavy (non-hydrogen) atoms. The minimum atomic E-state index is -0.856. The van der Waals surface area contributed by atoms with Crippen LogP contribution in [0.2, 0.25) is 0 Å². The van der Waals surface area contributed by atoms with E-state index in [2.05, 4.69) is 15.9 Å². The number of hydrogen-bond acceptors (Lipinski definition) is 1. The average molecular weight is 315 g/mol. The summed E-state index contributed by atoms with van der Waals surface area (Å²) in [5.74, 6) is -2.98. The number of carbonyl (C=O) groups excluding carboxylic acids is 1. The molecule has 2 aromatic carbocycles. The van der Waals surface area contributed by atoms with Crippen molar-refractivity contribution in [3.63, 3.8) is 0 Å². The van der Waals surface area contributed by atoms with Gasteiger partial charge in [-0.3, -0.25) is 4.79 Å². The predicted octanol–water partition coefficient (Wildman–Crippen LogP) is 4.10. The zero-order valence-electron chi connectivity index (χ0n) is 8.88. The molecule has 0 amide bonds. The molecule has 2 aromatic rings. The second-order valence-corrected chi connectivity index (χ2v) is 4.38. The third-order valence-electron chi connectivity index (χ3n) is 2.32. The number of halogens is 4. The molecule has 0 aliphatic heterocycles. The Kier molecular flexibility index (Phi) is 3.52. The lowest BCUT2D eigenvalue weighted by Crippen LogP contribution is -2.04. The van der Waals surface area contributed by atoms with E-state index in [1.54, 1.807) is 0 Å². The lowest BCUT2D eigenvalue weighted by Gasteiger charge is -2.05. The highest BCUT2D eigenvalue weighted by Gasteiger charge is 2.16. The van der Waals surface area contributed by atoms with Crippen molar-refractivity contribution >= 4 is 21.7 Å². The fourth-order valence-corrected chi connectivity index (χ4v) is 1.96. The highest BCUT2D eigenvalue weighted by molar-refractivity contribution is 9.10. The van der Waals surface area contributed by atoms with Crippen molar-refractivity contribution in [1.29, 1.82) is 0 Å². The molecule has 0 radical (unpaired) electrons. The summed E-state index contributed by atoms with van der Waals surface area (Å²) >= 11 is 2.93. The number of carbonyl (C=O) groups is 1. The maximum absolute atomic E-state index is 13.3. The van der Waals surface area contributed by atoms with Crippen LogP contribution < -0.4 is 0 Å². The number of benzene rings is 2. The molecule has 0 aliphatic carbocycles. The Hall–Kier alpha value is -1.62. The number of hydrogen-bond donors (Lipinski definition) is 0. The van der Waals surface area contributed by atoms with Crippen LogP contribution in [0, 0.1) is 17.5 Å². The van der Waals surface area contributed by atoms with Crippen LogP contribution in [0.3, 0.4) is 0 Å². The molecule has 0 saturated carbocycles. The van der Waals surface area contributed by atoms with Crippen LogP contribution in [0.25, 0.3) is 0 Å². The van der Waals surface area contributed by atoms with E-state index in [0.29, 0.717) is 6.07 Å². The van der Waals surface area contributed by atoms with Gasteiger partial charge in [-0.05, 0) is 40.2 Å². The fraction of sp³-hybridized carbons (Fsp3) is 0. The van der Waals surface area contributed by atoms with Crippen LogP contribution in [0.15, 0.2) is 40.9 Å². The third kappa shape index (κ3) is 2.46. The Labute approximate surface area is 109 Å². The van der Waals surface area contributed by atoms with Crippen LogP contribution in [0.5, 0.6) is 0 Å². The van der Waals surface area contributed by atoms with E-state index in [9.17, 15) is 18.0 Å². The molecular weight excluding hydrogens is 309 g/mol. The van der Waals surface area contributed by atoms with E-state index in [4.69, 9.17) is 0 Å². The first-order chi connectivity index (χ1) is 8.49. The van der Waals surface area contributed by atoms with Crippen molar-refractivity contribution in [3.05, 3.63) is 69.4 Å². The van der Waals surface area contributed by atoms with E-state index in [-0.39, 0.29) is 15.6 Å². The highest BCUT2D eigenvalue weighted by Crippen LogP contribution is 2.23. The SMILES string of the molecule is O=C(c1cc(F)cc(F)c1)c1cccc(F)c1Br. The molecule has 0 N–H and O–H groups in total. The first-order valence-corrected chi connectivity index (χ1v) is 5.73. The van der Waals surface area contributed by atoms with Crippen molar-refractivity contribution < 1.29 is 18.0 Å². The zero-order valence-corrected chi connectivity index (χ0v) is 10.5. The van der Waals surface area contributed by atoms with E-state index in [1.807, 2.05) is 0 Å². The van der Waals surface area contributed by atoms with Crippen LogP contribution in [-0.4, -0.2) is 5.78 Å². The molecule has 0 aromatic heterocycles. The largest absolute Gasteiger partial charge is 0.289 e. The van der Waals surface area contributed by atoms with Gasteiger partial charge in [0.05, 0.1) is 4.47 Å². The van der Waals surface area contributed by atoms with E-state index in [1.165, 1.54) is 18.2 Å². The summed E-state index contributed by atoms with van der Waals surface area (Å²) in [6, 6.07) is 6.37. The van der Waals surface area contributed by atoms with Crippen LogP contribution in [0.4, 0.5) is 13.2 Å². The Morgan fingerprint density at radius 1 is 1.00 bits per heavy atom. The van der Waals surface area contributed by atoms with E-state index < -0.39 is 23.2 Å². The Bertz CT molecular complexity index is 605. The minimum Gasteiger partial charge on any atom is -0.289 e. The van der Waals surface area contributed by atoms with E-state index in [0.717, 1.165) is 12.1 Å². The summed E-state index contributed by atoms with van der Waals surface area (Å²) in [7, 11) is 0. The Morgan fingerprint density at radius 2 is 1.61 bits per heavy atom. The predicted molar refractivity (Wildman–Crippen MR) is 63.9 cm³/mol. The van der Waals surface area contributed by atoms with Gasteiger partial charge < -0.3 is 0 Å². The molecule has 0 saturated heterocycles. The Morgan fingerprint density at radius 3 is 2.22 bits per heavy atom. The topological polar surface area (TPSA) is 17.1 Å². The van der Waals surface area contributed by atoms with Crippen LogP contribution >= 0.6 is 15.9 Å².